The lowest BCUT2D eigenvalue weighted by atomic mass is 10.3. The second-order valence-corrected chi connectivity index (χ2v) is 11.4. The Morgan fingerprint density at radius 3 is 2.39 bits per heavy atom. The number of thiazole rings is 1. The number of hydrogen-bond donors (Lipinski definition) is 0. The molecular weight excluding hydrogens is 486 g/mol. The number of hydrogen-bond acceptors (Lipinski definition) is 6. The zero-order valence-corrected chi connectivity index (χ0v) is 20.6. The van der Waals surface area contributed by atoms with Crippen LogP contribution in [0.5, 0.6) is 5.75 Å². The number of piperazine rings is 1. The van der Waals surface area contributed by atoms with Gasteiger partial charge in [0.25, 0.3) is 5.91 Å². The van der Waals surface area contributed by atoms with E-state index in [-0.39, 0.29) is 54.5 Å². The second-order valence-electron chi connectivity index (χ2n) is 7.99. The van der Waals surface area contributed by atoms with Crippen LogP contribution in [0.2, 0.25) is 5.02 Å². The quantitative estimate of drug-likeness (QED) is 0.509. The SMILES string of the molecule is CC(C)n1c(=O)sc2cc(S(=O)(=O)N3CCN(C(=O)COc4ccc(Cl)cc4)CC3)ccc21. The van der Waals surface area contributed by atoms with E-state index >= 15 is 0 Å². The molecule has 1 amide bonds. The third-order valence-corrected chi connectivity index (χ3v) is 8.57. The Hall–Kier alpha value is -2.40. The van der Waals surface area contributed by atoms with Gasteiger partial charge in [0.05, 0.1) is 15.1 Å². The lowest BCUT2D eigenvalue weighted by Crippen LogP contribution is -2.51. The largest absolute Gasteiger partial charge is 0.484 e. The van der Waals surface area contributed by atoms with Gasteiger partial charge in [-0.05, 0) is 56.3 Å². The average Bonchev–Trinajstić information content (AvgIpc) is 3.13. The van der Waals surface area contributed by atoms with E-state index in [1.54, 1.807) is 51.9 Å². The van der Waals surface area contributed by atoms with Gasteiger partial charge in [-0.3, -0.25) is 14.2 Å². The Balaban J connectivity index is 1.41. The molecule has 0 bridgehead atoms. The number of aromatic nitrogens is 1. The molecule has 0 spiro atoms. The molecule has 1 fully saturated rings. The van der Waals surface area contributed by atoms with Gasteiger partial charge < -0.3 is 9.64 Å². The fourth-order valence-electron chi connectivity index (χ4n) is 3.76. The third-order valence-electron chi connectivity index (χ3n) is 5.51. The molecule has 1 saturated heterocycles. The molecule has 0 aliphatic carbocycles. The fourth-order valence-corrected chi connectivity index (χ4v) is 6.46. The van der Waals surface area contributed by atoms with E-state index in [1.807, 2.05) is 13.8 Å². The van der Waals surface area contributed by atoms with Crippen LogP contribution in [0.1, 0.15) is 19.9 Å². The van der Waals surface area contributed by atoms with Crippen molar-refractivity contribution in [1.82, 2.24) is 13.8 Å². The Labute approximate surface area is 201 Å². The van der Waals surface area contributed by atoms with E-state index in [4.69, 9.17) is 16.3 Å². The maximum Gasteiger partial charge on any atom is 0.308 e. The summed E-state index contributed by atoms with van der Waals surface area (Å²) in [7, 11) is -3.74. The minimum absolute atomic E-state index is 0.0111. The molecule has 2 heterocycles. The number of halogens is 1. The Bertz CT molecular complexity index is 1320. The molecule has 3 aromatic rings. The first-order chi connectivity index (χ1) is 15.7. The van der Waals surface area contributed by atoms with Crippen molar-refractivity contribution in [1.29, 1.82) is 0 Å². The molecule has 0 radical (unpaired) electrons. The summed E-state index contributed by atoms with van der Waals surface area (Å²) in [5.74, 6) is 0.334. The first-order valence-corrected chi connectivity index (χ1v) is 13.1. The summed E-state index contributed by atoms with van der Waals surface area (Å²) in [6, 6.07) is 11.5. The van der Waals surface area contributed by atoms with Crippen LogP contribution in [0.3, 0.4) is 0 Å². The molecule has 8 nitrogen and oxygen atoms in total. The van der Waals surface area contributed by atoms with E-state index in [0.717, 1.165) is 16.9 Å². The van der Waals surface area contributed by atoms with E-state index < -0.39 is 10.0 Å². The minimum Gasteiger partial charge on any atom is -0.484 e. The first-order valence-electron chi connectivity index (χ1n) is 10.5. The van der Waals surface area contributed by atoms with Gasteiger partial charge in [-0.1, -0.05) is 22.9 Å². The lowest BCUT2D eigenvalue weighted by Gasteiger charge is -2.34. The van der Waals surface area contributed by atoms with Crippen LogP contribution >= 0.6 is 22.9 Å². The van der Waals surface area contributed by atoms with Crippen LogP contribution in [0, 0.1) is 0 Å². The molecule has 4 rings (SSSR count). The summed E-state index contributed by atoms with van der Waals surface area (Å²) in [5, 5.41) is 0.580. The highest BCUT2D eigenvalue weighted by molar-refractivity contribution is 7.89. The predicted octanol–water partition coefficient (Wildman–Crippen LogP) is 3.21. The molecular formula is C22H24ClN3O5S2. The Morgan fingerprint density at radius 2 is 1.76 bits per heavy atom. The summed E-state index contributed by atoms with van der Waals surface area (Å²) >= 11 is 6.88. The summed E-state index contributed by atoms with van der Waals surface area (Å²) in [6.07, 6.45) is 0. The molecule has 1 aliphatic rings. The van der Waals surface area contributed by atoms with Gasteiger partial charge >= 0.3 is 4.87 Å². The second kappa shape index (κ2) is 9.46. The highest BCUT2D eigenvalue weighted by Gasteiger charge is 2.30. The van der Waals surface area contributed by atoms with E-state index in [1.165, 1.54) is 4.31 Å². The van der Waals surface area contributed by atoms with E-state index in [9.17, 15) is 18.0 Å². The maximum atomic E-state index is 13.2. The highest BCUT2D eigenvalue weighted by Crippen LogP contribution is 2.26. The van der Waals surface area contributed by atoms with Gasteiger partial charge in [-0.15, -0.1) is 0 Å². The van der Waals surface area contributed by atoms with Gasteiger partial charge in [0, 0.05) is 37.2 Å². The molecule has 1 aliphatic heterocycles. The minimum atomic E-state index is -3.74. The zero-order chi connectivity index (χ0) is 23.8. The normalized spacial score (nSPS) is 15.3. The fraction of sp³-hybridized carbons (Fsp3) is 0.364. The Morgan fingerprint density at radius 1 is 1.09 bits per heavy atom. The zero-order valence-electron chi connectivity index (χ0n) is 18.2. The smallest absolute Gasteiger partial charge is 0.308 e. The van der Waals surface area contributed by atoms with Crippen LogP contribution in [-0.4, -0.2) is 60.9 Å². The van der Waals surface area contributed by atoms with Crippen molar-refractivity contribution in [3.63, 3.8) is 0 Å². The number of benzene rings is 2. The van der Waals surface area contributed by atoms with Gasteiger partial charge in [0.15, 0.2) is 6.61 Å². The monoisotopic (exact) mass is 509 g/mol. The van der Waals surface area contributed by atoms with E-state index in [0.29, 0.717) is 15.5 Å². The van der Waals surface area contributed by atoms with Crippen LogP contribution < -0.4 is 9.61 Å². The number of nitrogens with zero attached hydrogens (tertiary/aromatic N) is 3. The van der Waals surface area contributed by atoms with Crippen LogP contribution in [-0.2, 0) is 14.8 Å². The molecule has 0 unspecified atom stereocenters. The van der Waals surface area contributed by atoms with Crippen LogP contribution in [0.15, 0.2) is 52.2 Å². The van der Waals surface area contributed by atoms with Gasteiger partial charge in [0.2, 0.25) is 10.0 Å². The molecule has 0 atom stereocenters. The Kier molecular flexibility index (Phi) is 6.81. The van der Waals surface area contributed by atoms with Crippen molar-refractivity contribution in [2.24, 2.45) is 0 Å². The predicted molar refractivity (Wildman–Crippen MR) is 129 cm³/mol. The first kappa shape index (κ1) is 23.7. The van der Waals surface area contributed by atoms with Crippen molar-refractivity contribution >= 4 is 49.1 Å². The average molecular weight is 510 g/mol. The van der Waals surface area contributed by atoms with Gasteiger partial charge in [-0.25, -0.2) is 8.42 Å². The molecule has 0 N–H and O–H groups in total. The van der Waals surface area contributed by atoms with Crippen molar-refractivity contribution in [2.75, 3.05) is 32.8 Å². The molecule has 176 valence electrons. The lowest BCUT2D eigenvalue weighted by molar-refractivity contribution is -0.134. The number of ether oxygens (including phenoxy) is 1. The summed E-state index contributed by atoms with van der Waals surface area (Å²) in [4.78, 5) is 26.4. The summed E-state index contributed by atoms with van der Waals surface area (Å²) < 4.78 is 35.5. The molecule has 2 aromatic carbocycles. The van der Waals surface area contributed by atoms with Crippen molar-refractivity contribution in [2.45, 2.75) is 24.8 Å². The molecule has 0 saturated carbocycles. The summed E-state index contributed by atoms with van der Waals surface area (Å²) in [5.41, 5.74) is 0.732. The van der Waals surface area contributed by atoms with Crippen LogP contribution in [0.25, 0.3) is 10.2 Å². The van der Waals surface area contributed by atoms with Gasteiger partial charge in [0.1, 0.15) is 5.75 Å². The van der Waals surface area contributed by atoms with Crippen molar-refractivity contribution < 1.29 is 17.9 Å². The number of sulfonamides is 1. The van der Waals surface area contributed by atoms with Gasteiger partial charge in [-0.2, -0.15) is 4.31 Å². The maximum absolute atomic E-state index is 13.2. The topological polar surface area (TPSA) is 88.9 Å². The number of carbonyl (C=O) groups is 1. The standard InChI is InChI=1S/C22H24ClN3O5S2/c1-15(2)26-19-8-7-18(13-20(19)32-22(26)28)33(29,30)25-11-9-24(10-12-25)21(27)14-31-17-5-3-16(23)4-6-17/h3-8,13,15H,9-12,14H2,1-2H3. The molecule has 1 aromatic heterocycles. The molecule has 33 heavy (non-hydrogen) atoms. The number of amides is 1. The third kappa shape index (κ3) is 4.93. The highest BCUT2D eigenvalue weighted by atomic mass is 35.5. The summed E-state index contributed by atoms with van der Waals surface area (Å²) in [6.45, 7) is 4.64. The van der Waals surface area contributed by atoms with Crippen molar-refractivity contribution in [3.8, 4) is 5.75 Å². The molecule has 11 heteroatoms. The number of rotatable bonds is 6. The number of carbonyl (C=O) groups excluding carboxylic acids is 1. The van der Waals surface area contributed by atoms with E-state index in [2.05, 4.69) is 0 Å². The van der Waals surface area contributed by atoms with Crippen molar-refractivity contribution in [3.05, 3.63) is 57.2 Å². The number of fused-ring (bicyclic) bond motifs is 1. The van der Waals surface area contributed by atoms with Crippen LogP contribution in [0.4, 0.5) is 0 Å².